The third-order valence-corrected chi connectivity index (χ3v) is 3.22. The van der Waals surface area contributed by atoms with E-state index in [4.69, 9.17) is 5.11 Å². The second-order valence-corrected chi connectivity index (χ2v) is 5.67. The number of rotatable bonds is 3. The number of hydrogen-bond donors (Lipinski definition) is 1. The number of benzene rings is 1. The summed E-state index contributed by atoms with van der Waals surface area (Å²) >= 11 is 0. The van der Waals surface area contributed by atoms with Crippen molar-refractivity contribution in [1.82, 2.24) is 0 Å². The molecule has 0 heterocycles. The number of anilines is 1. The lowest BCUT2D eigenvalue weighted by Crippen LogP contribution is -2.14. The Kier molecular flexibility index (Phi) is 3.23. The molecule has 0 aliphatic rings. The van der Waals surface area contributed by atoms with Gasteiger partial charge < -0.3 is 10.0 Å². The number of carboxylic acid groups (broad SMARTS) is 1. The Labute approximate surface area is 94.2 Å². The molecule has 0 bridgehead atoms. The van der Waals surface area contributed by atoms with Gasteiger partial charge in [0.05, 0.1) is 16.1 Å². The smallest absolute Gasteiger partial charge is 0.337 e. The average Bonchev–Trinajstić information content (AvgIpc) is 2.15. The third kappa shape index (κ3) is 2.52. The normalized spacial score (nSPS) is 11.2. The first kappa shape index (κ1) is 12.5. The Balaban J connectivity index is 3.46. The van der Waals surface area contributed by atoms with Crippen LogP contribution in [0.3, 0.4) is 0 Å². The van der Waals surface area contributed by atoms with E-state index in [1.807, 2.05) is 0 Å². The monoisotopic (exact) mass is 243 g/mol. The van der Waals surface area contributed by atoms with Crippen molar-refractivity contribution in [2.45, 2.75) is 4.90 Å². The fourth-order valence-electron chi connectivity index (χ4n) is 1.31. The molecular weight excluding hydrogens is 230 g/mol. The van der Waals surface area contributed by atoms with Crippen LogP contribution < -0.4 is 4.90 Å². The number of carboxylic acids is 1. The van der Waals surface area contributed by atoms with Crippen LogP contribution >= 0.6 is 0 Å². The molecule has 0 saturated carbocycles. The summed E-state index contributed by atoms with van der Waals surface area (Å²) in [5.41, 5.74) is 0.452. The van der Waals surface area contributed by atoms with E-state index in [0.29, 0.717) is 5.69 Å². The molecule has 6 heteroatoms. The van der Waals surface area contributed by atoms with Crippen LogP contribution in [0.25, 0.3) is 0 Å². The summed E-state index contributed by atoms with van der Waals surface area (Å²) in [7, 11) is 0.00949. The number of hydrogen-bond acceptors (Lipinski definition) is 4. The maximum atomic E-state index is 11.3. The Morgan fingerprint density at radius 3 is 2.25 bits per heavy atom. The molecule has 0 unspecified atom stereocenters. The molecule has 0 saturated heterocycles. The van der Waals surface area contributed by atoms with E-state index in [-0.39, 0.29) is 10.5 Å². The summed E-state index contributed by atoms with van der Waals surface area (Å²) in [6.07, 6.45) is 1.04. The number of aromatic carboxylic acids is 1. The van der Waals surface area contributed by atoms with Crippen molar-refractivity contribution >= 4 is 21.5 Å². The van der Waals surface area contributed by atoms with Gasteiger partial charge in [0, 0.05) is 20.4 Å². The summed E-state index contributed by atoms with van der Waals surface area (Å²) in [6, 6.07) is 4.06. The van der Waals surface area contributed by atoms with Crippen LogP contribution in [0.15, 0.2) is 23.1 Å². The van der Waals surface area contributed by atoms with Gasteiger partial charge >= 0.3 is 5.97 Å². The molecule has 0 amide bonds. The minimum absolute atomic E-state index is 0.00972. The third-order valence-electron chi connectivity index (χ3n) is 2.11. The molecule has 88 valence electrons. The fourth-order valence-corrected chi connectivity index (χ4v) is 1.95. The topological polar surface area (TPSA) is 74.7 Å². The van der Waals surface area contributed by atoms with E-state index in [1.165, 1.54) is 18.2 Å². The highest BCUT2D eigenvalue weighted by molar-refractivity contribution is 7.90. The molecule has 1 aromatic carbocycles. The van der Waals surface area contributed by atoms with Crippen LogP contribution in [-0.4, -0.2) is 39.8 Å². The van der Waals surface area contributed by atoms with E-state index in [2.05, 4.69) is 0 Å². The SMILES string of the molecule is CN(C)c1ccc(S(C)(=O)=O)cc1C(=O)O. The second-order valence-electron chi connectivity index (χ2n) is 3.65. The molecule has 0 aliphatic carbocycles. The van der Waals surface area contributed by atoms with Crippen LogP contribution in [0, 0.1) is 0 Å². The Hall–Kier alpha value is -1.56. The molecule has 1 rings (SSSR count). The van der Waals surface area contributed by atoms with Crippen LogP contribution in [0.4, 0.5) is 5.69 Å². The number of sulfone groups is 1. The molecule has 0 fully saturated rings. The highest BCUT2D eigenvalue weighted by Gasteiger charge is 2.16. The van der Waals surface area contributed by atoms with Gasteiger partial charge in [0.15, 0.2) is 9.84 Å². The van der Waals surface area contributed by atoms with Crippen LogP contribution in [0.2, 0.25) is 0 Å². The largest absolute Gasteiger partial charge is 0.478 e. The first-order valence-corrected chi connectivity index (χ1v) is 6.37. The Bertz CT molecular complexity index is 520. The van der Waals surface area contributed by atoms with E-state index in [9.17, 15) is 13.2 Å². The van der Waals surface area contributed by atoms with Crippen molar-refractivity contribution in [2.24, 2.45) is 0 Å². The maximum Gasteiger partial charge on any atom is 0.337 e. The van der Waals surface area contributed by atoms with Crippen molar-refractivity contribution in [3.63, 3.8) is 0 Å². The van der Waals surface area contributed by atoms with Gasteiger partial charge in [-0.3, -0.25) is 0 Å². The summed E-state index contributed by atoms with van der Waals surface area (Å²) in [4.78, 5) is 12.6. The van der Waals surface area contributed by atoms with E-state index < -0.39 is 15.8 Å². The minimum atomic E-state index is -3.38. The second kappa shape index (κ2) is 4.13. The molecule has 0 radical (unpaired) electrons. The summed E-state index contributed by atoms with van der Waals surface area (Å²) in [5, 5.41) is 8.98. The first-order valence-electron chi connectivity index (χ1n) is 4.48. The van der Waals surface area contributed by atoms with Gasteiger partial charge in [0.2, 0.25) is 0 Å². The Morgan fingerprint density at radius 1 is 1.31 bits per heavy atom. The maximum absolute atomic E-state index is 11.3. The Morgan fingerprint density at radius 2 is 1.88 bits per heavy atom. The van der Waals surface area contributed by atoms with Gasteiger partial charge in [0.25, 0.3) is 0 Å². The highest BCUT2D eigenvalue weighted by atomic mass is 32.2. The number of carbonyl (C=O) groups is 1. The zero-order chi connectivity index (χ0) is 12.5. The summed E-state index contributed by atoms with van der Waals surface area (Å²) < 4.78 is 22.6. The lowest BCUT2D eigenvalue weighted by atomic mass is 10.1. The molecule has 5 nitrogen and oxygen atoms in total. The average molecular weight is 243 g/mol. The molecular formula is C10H13NO4S. The van der Waals surface area contributed by atoms with Crippen molar-refractivity contribution in [2.75, 3.05) is 25.3 Å². The molecule has 0 spiro atoms. The van der Waals surface area contributed by atoms with Gasteiger partial charge in [-0.25, -0.2) is 13.2 Å². The molecule has 0 aromatic heterocycles. The fraction of sp³-hybridized carbons (Fsp3) is 0.300. The summed E-state index contributed by atoms with van der Waals surface area (Å²) in [6.45, 7) is 0. The molecule has 0 atom stereocenters. The predicted octanol–water partition coefficient (Wildman–Crippen LogP) is 0.854. The zero-order valence-corrected chi connectivity index (χ0v) is 10.1. The molecule has 0 aliphatic heterocycles. The van der Waals surface area contributed by atoms with Crippen molar-refractivity contribution < 1.29 is 18.3 Å². The van der Waals surface area contributed by atoms with Gasteiger partial charge in [-0.1, -0.05) is 0 Å². The minimum Gasteiger partial charge on any atom is -0.478 e. The van der Waals surface area contributed by atoms with Crippen LogP contribution in [0.5, 0.6) is 0 Å². The van der Waals surface area contributed by atoms with Gasteiger partial charge in [-0.05, 0) is 18.2 Å². The van der Waals surface area contributed by atoms with E-state index >= 15 is 0 Å². The quantitative estimate of drug-likeness (QED) is 0.852. The lowest BCUT2D eigenvalue weighted by molar-refractivity contribution is 0.0697. The van der Waals surface area contributed by atoms with E-state index in [0.717, 1.165) is 6.26 Å². The molecule has 1 aromatic rings. The van der Waals surface area contributed by atoms with Gasteiger partial charge in [-0.2, -0.15) is 0 Å². The van der Waals surface area contributed by atoms with Crippen molar-refractivity contribution in [1.29, 1.82) is 0 Å². The van der Waals surface area contributed by atoms with E-state index in [1.54, 1.807) is 19.0 Å². The van der Waals surface area contributed by atoms with Crippen LogP contribution in [-0.2, 0) is 9.84 Å². The standard InChI is InChI=1S/C10H13NO4S/c1-11(2)9-5-4-7(16(3,14)15)6-8(9)10(12)13/h4-6H,1-3H3,(H,12,13). The highest BCUT2D eigenvalue weighted by Crippen LogP contribution is 2.22. The van der Waals surface area contributed by atoms with Crippen molar-refractivity contribution in [3.8, 4) is 0 Å². The zero-order valence-electron chi connectivity index (χ0n) is 9.26. The van der Waals surface area contributed by atoms with Gasteiger partial charge in [0.1, 0.15) is 0 Å². The molecule has 1 N–H and O–H groups in total. The number of nitrogens with zero attached hydrogens (tertiary/aromatic N) is 1. The lowest BCUT2D eigenvalue weighted by Gasteiger charge is -2.15. The van der Waals surface area contributed by atoms with Crippen molar-refractivity contribution in [3.05, 3.63) is 23.8 Å². The predicted molar refractivity (Wildman–Crippen MR) is 60.8 cm³/mol. The summed E-state index contributed by atoms with van der Waals surface area (Å²) in [5.74, 6) is -1.14. The molecule has 16 heavy (non-hydrogen) atoms. The van der Waals surface area contributed by atoms with Gasteiger partial charge in [-0.15, -0.1) is 0 Å². The first-order chi connectivity index (χ1) is 7.23. The van der Waals surface area contributed by atoms with Crippen LogP contribution in [0.1, 0.15) is 10.4 Å².